The first-order chi connectivity index (χ1) is 11.7. The zero-order chi connectivity index (χ0) is 16.4. The van der Waals surface area contributed by atoms with Crippen LogP contribution >= 0.6 is 0 Å². The molecule has 2 fully saturated rings. The summed E-state index contributed by atoms with van der Waals surface area (Å²) in [6.07, 6.45) is 9.67. The Morgan fingerprint density at radius 3 is 3.00 bits per heavy atom. The molecule has 0 amide bonds. The van der Waals surface area contributed by atoms with Gasteiger partial charge in [-0.05, 0) is 31.4 Å². The number of nitrogens with zero attached hydrogens (tertiary/aromatic N) is 5. The van der Waals surface area contributed by atoms with Crippen molar-refractivity contribution in [1.82, 2.24) is 19.7 Å². The van der Waals surface area contributed by atoms with Crippen LogP contribution in [0.5, 0.6) is 0 Å². The third-order valence-corrected chi connectivity index (χ3v) is 4.69. The number of aryl methyl sites for hydroxylation is 1. The lowest BCUT2D eigenvalue weighted by atomic mass is 10.0. The van der Waals surface area contributed by atoms with Crippen molar-refractivity contribution in [3.63, 3.8) is 0 Å². The first kappa shape index (κ1) is 15.5. The predicted molar refractivity (Wildman–Crippen MR) is 88.9 cm³/mol. The van der Waals surface area contributed by atoms with Crippen LogP contribution in [0.1, 0.15) is 18.4 Å². The Hall–Kier alpha value is -1.99. The van der Waals surface area contributed by atoms with Gasteiger partial charge in [-0.15, -0.1) is 0 Å². The molecule has 7 heteroatoms. The summed E-state index contributed by atoms with van der Waals surface area (Å²) in [5.74, 6) is 0.754. The van der Waals surface area contributed by atoms with E-state index in [2.05, 4.69) is 20.0 Å². The molecular weight excluding hydrogens is 306 g/mol. The van der Waals surface area contributed by atoms with Crippen LogP contribution in [0.4, 0.5) is 5.95 Å². The minimum Gasteiger partial charge on any atom is -0.377 e. The summed E-state index contributed by atoms with van der Waals surface area (Å²) >= 11 is 0. The van der Waals surface area contributed by atoms with Gasteiger partial charge in [0, 0.05) is 31.3 Å². The second-order valence-corrected chi connectivity index (χ2v) is 6.72. The fourth-order valence-electron chi connectivity index (χ4n) is 3.49. The Morgan fingerprint density at radius 1 is 1.33 bits per heavy atom. The van der Waals surface area contributed by atoms with Crippen molar-refractivity contribution in [3.05, 3.63) is 36.4 Å². The summed E-state index contributed by atoms with van der Waals surface area (Å²) in [7, 11) is 0. The number of anilines is 1. The summed E-state index contributed by atoms with van der Waals surface area (Å²) in [4.78, 5) is 11.1. The summed E-state index contributed by atoms with van der Waals surface area (Å²) in [5.41, 5.74) is 0.790. The summed E-state index contributed by atoms with van der Waals surface area (Å²) in [6.45, 7) is 5.65. The summed E-state index contributed by atoms with van der Waals surface area (Å²) in [6, 6.07) is 1.94. The maximum Gasteiger partial charge on any atom is 0.225 e. The van der Waals surface area contributed by atoms with Crippen molar-refractivity contribution < 1.29 is 9.47 Å². The molecule has 7 nitrogen and oxygen atoms in total. The van der Waals surface area contributed by atoms with Crippen LogP contribution in [-0.2, 0) is 16.0 Å². The van der Waals surface area contributed by atoms with Crippen molar-refractivity contribution in [1.29, 1.82) is 0 Å². The molecule has 0 bridgehead atoms. The molecule has 4 heterocycles. The number of hydrogen-bond acceptors (Lipinski definition) is 6. The predicted octanol–water partition coefficient (Wildman–Crippen LogP) is 1.44. The molecule has 2 atom stereocenters. The van der Waals surface area contributed by atoms with E-state index in [0.717, 1.165) is 44.0 Å². The zero-order valence-electron chi connectivity index (χ0n) is 14.0. The van der Waals surface area contributed by atoms with E-state index in [4.69, 9.17) is 9.47 Å². The molecule has 0 aromatic carbocycles. The average molecular weight is 329 g/mol. The van der Waals surface area contributed by atoms with E-state index in [9.17, 15) is 0 Å². The highest BCUT2D eigenvalue weighted by molar-refractivity contribution is 5.31. The average Bonchev–Trinajstić information content (AvgIpc) is 3.17. The molecule has 2 aromatic rings. The van der Waals surface area contributed by atoms with Crippen molar-refractivity contribution >= 4 is 5.95 Å². The van der Waals surface area contributed by atoms with Crippen molar-refractivity contribution in [3.8, 4) is 0 Å². The van der Waals surface area contributed by atoms with E-state index in [-0.39, 0.29) is 11.7 Å². The third-order valence-electron chi connectivity index (χ3n) is 4.69. The van der Waals surface area contributed by atoms with E-state index in [1.807, 2.05) is 36.3 Å². The largest absolute Gasteiger partial charge is 0.377 e. The zero-order valence-corrected chi connectivity index (χ0v) is 14.0. The molecule has 0 radical (unpaired) electrons. The van der Waals surface area contributed by atoms with Gasteiger partial charge in [0.15, 0.2) is 0 Å². The van der Waals surface area contributed by atoms with Gasteiger partial charge in [-0.25, -0.2) is 9.97 Å². The normalized spacial score (nSPS) is 27.5. The lowest BCUT2D eigenvalue weighted by Gasteiger charge is -2.32. The van der Waals surface area contributed by atoms with Gasteiger partial charge in [0.1, 0.15) is 5.60 Å². The van der Waals surface area contributed by atoms with Gasteiger partial charge in [0.25, 0.3) is 0 Å². The Kier molecular flexibility index (Phi) is 4.20. The standard InChI is InChI=1S/C17H23N5O2/c1-14-9-18-16(19-10-14)21-7-8-23-13-17(12-21)4-3-15(24-17)11-22-6-2-5-20-22/h2,5-6,9-10,15H,3-4,7-8,11-13H2,1H3/t15-,17-/m0/s1. The lowest BCUT2D eigenvalue weighted by molar-refractivity contribution is -0.0807. The van der Waals surface area contributed by atoms with E-state index in [0.29, 0.717) is 13.2 Å². The molecule has 2 saturated heterocycles. The Balaban J connectivity index is 1.47. The van der Waals surface area contributed by atoms with Gasteiger partial charge in [-0.2, -0.15) is 5.10 Å². The van der Waals surface area contributed by atoms with Gasteiger partial charge in [-0.1, -0.05) is 0 Å². The maximum absolute atomic E-state index is 6.44. The molecule has 0 N–H and O–H groups in total. The molecule has 0 saturated carbocycles. The topological polar surface area (TPSA) is 65.3 Å². The highest BCUT2D eigenvalue weighted by Crippen LogP contribution is 2.34. The second kappa shape index (κ2) is 6.49. The molecule has 1 spiro atoms. The molecule has 2 aliphatic heterocycles. The van der Waals surface area contributed by atoms with Gasteiger partial charge < -0.3 is 14.4 Å². The fourth-order valence-corrected chi connectivity index (χ4v) is 3.49. The molecular formula is C17H23N5O2. The molecule has 24 heavy (non-hydrogen) atoms. The van der Waals surface area contributed by atoms with Crippen LogP contribution in [-0.4, -0.2) is 57.8 Å². The van der Waals surface area contributed by atoms with E-state index in [1.54, 1.807) is 6.20 Å². The monoisotopic (exact) mass is 329 g/mol. The Bertz CT molecular complexity index is 660. The van der Waals surface area contributed by atoms with Crippen LogP contribution in [0.2, 0.25) is 0 Å². The van der Waals surface area contributed by atoms with Crippen LogP contribution in [0.25, 0.3) is 0 Å². The van der Waals surface area contributed by atoms with Crippen molar-refractivity contribution in [2.45, 2.75) is 38.0 Å². The second-order valence-electron chi connectivity index (χ2n) is 6.72. The van der Waals surface area contributed by atoms with Gasteiger partial charge in [0.05, 0.1) is 32.4 Å². The van der Waals surface area contributed by atoms with Crippen LogP contribution in [0.3, 0.4) is 0 Å². The molecule has 2 aliphatic rings. The Labute approximate surface area is 141 Å². The quantitative estimate of drug-likeness (QED) is 0.849. The van der Waals surface area contributed by atoms with Crippen molar-refractivity contribution in [2.75, 3.05) is 31.2 Å². The number of aromatic nitrogens is 4. The highest BCUT2D eigenvalue weighted by Gasteiger charge is 2.43. The maximum atomic E-state index is 6.44. The fraction of sp³-hybridized carbons (Fsp3) is 0.588. The third kappa shape index (κ3) is 3.27. The van der Waals surface area contributed by atoms with Gasteiger partial charge >= 0.3 is 0 Å². The van der Waals surface area contributed by atoms with E-state index < -0.39 is 0 Å². The minimum absolute atomic E-state index is 0.174. The lowest BCUT2D eigenvalue weighted by Crippen LogP contribution is -2.45. The van der Waals surface area contributed by atoms with Crippen LogP contribution < -0.4 is 4.90 Å². The molecule has 128 valence electrons. The number of rotatable bonds is 3. The highest BCUT2D eigenvalue weighted by atomic mass is 16.6. The summed E-state index contributed by atoms with van der Waals surface area (Å²) in [5, 5.41) is 4.28. The van der Waals surface area contributed by atoms with Crippen molar-refractivity contribution in [2.24, 2.45) is 0 Å². The molecule has 4 rings (SSSR count). The smallest absolute Gasteiger partial charge is 0.225 e. The first-order valence-electron chi connectivity index (χ1n) is 8.49. The van der Waals surface area contributed by atoms with Crippen LogP contribution in [0.15, 0.2) is 30.9 Å². The number of hydrogen-bond donors (Lipinski definition) is 0. The first-order valence-corrected chi connectivity index (χ1v) is 8.49. The Morgan fingerprint density at radius 2 is 2.21 bits per heavy atom. The van der Waals surface area contributed by atoms with Gasteiger partial charge in [-0.3, -0.25) is 4.68 Å². The molecule has 0 unspecified atom stereocenters. The molecule has 0 aliphatic carbocycles. The van der Waals surface area contributed by atoms with E-state index in [1.165, 1.54) is 0 Å². The minimum atomic E-state index is -0.275. The SMILES string of the molecule is Cc1cnc(N2CCOC[C@]3(CC[C@@H](Cn4cccn4)O3)C2)nc1. The molecule has 2 aromatic heterocycles. The van der Waals surface area contributed by atoms with E-state index >= 15 is 0 Å². The number of ether oxygens (including phenoxy) is 2. The van der Waals surface area contributed by atoms with Crippen LogP contribution in [0, 0.1) is 6.92 Å². The summed E-state index contributed by atoms with van der Waals surface area (Å²) < 4.78 is 14.2. The van der Waals surface area contributed by atoms with Gasteiger partial charge in [0.2, 0.25) is 5.95 Å².